The lowest BCUT2D eigenvalue weighted by Gasteiger charge is -2.20. The van der Waals surface area contributed by atoms with Gasteiger partial charge in [0.05, 0.1) is 0 Å². The first-order valence-electron chi connectivity index (χ1n) is 6.23. The quantitative estimate of drug-likeness (QED) is 0.653. The van der Waals surface area contributed by atoms with E-state index in [0.29, 0.717) is 0 Å². The maximum atomic E-state index is 3.73. The van der Waals surface area contributed by atoms with Crippen LogP contribution in [-0.2, 0) is 0 Å². The predicted molar refractivity (Wildman–Crippen MR) is 67.1 cm³/mol. The molecule has 1 nitrogen and oxygen atoms in total. The van der Waals surface area contributed by atoms with Gasteiger partial charge in [-0.05, 0) is 31.6 Å². The van der Waals surface area contributed by atoms with Gasteiger partial charge in [-0.25, -0.2) is 0 Å². The van der Waals surface area contributed by atoms with Crippen molar-refractivity contribution in [3.8, 4) is 0 Å². The standard InChI is InChI=1S/C12H25NS/c1-3-5-6-10-13-11-8-7-9-12(11)14-4-2/h11-13H,3-10H2,1-2H3. The van der Waals surface area contributed by atoms with E-state index in [1.54, 1.807) is 0 Å². The molecule has 0 spiro atoms. The van der Waals surface area contributed by atoms with Crippen LogP contribution in [0.3, 0.4) is 0 Å². The second-order valence-corrected chi connectivity index (χ2v) is 5.71. The fourth-order valence-corrected chi connectivity index (χ4v) is 3.46. The molecule has 1 aliphatic rings. The molecule has 0 aromatic carbocycles. The predicted octanol–water partition coefficient (Wildman–Crippen LogP) is 3.44. The minimum absolute atomic E-state index is 0.816. The first kappa shape index (κ1) is 12.4. The zero-order chi connectivity index (χ0) is 10.2. The molecule has 1 saturated carbocycles. The molecule has 0 bridgehead atoms. The van der Waals surface area contributed by atoms with Crippen molar-refractivity contribution in [1.82, 2.24) is 5.32 Å². The molecule has 84 valence electrons. The highest BCUT2D eigenvalue weighted by Crippen LogP contribution is 2.29. The monoisotopic (exact) mass is 215 g/mol. The van der Waals surface area contributed by atoms with Crippen LogP contribution in [-0.4, -0.2) is 23.6 Å². The number of nitrogens with one attached hydrogen (secondary N) is 1. The zero-order valence-electron chi connectivity index (χ0n) is 9.72. The molecule has 2 atom stereocenters. The Bertz CT molecular complexity index is 138. The molecule has 14 heavy (non-hydrogen) atoms. The van der Waals surface area contributed by atoms with Crippen molar-refractivity contribution in [1.29, 1.82) is 0 Å². The van der Waals surface area contributed by atoms with E-state index in [4.69, 9.17) is 0 Å². The van der Waals surface area contributed by atoms with Gasteiger partial charge in [-0.1, -0.05) is 33.1 Å². The molecule has 1 aliphatic carbocycles. The van der Waals surface area contributed by atoms with Crippen LogP contribution in [0.5, 0.6) is 0 Å². The SMILES string of the molecule is CCCCCNC1CCCC1SCC. The average Bonchev–Trinajstić information content (AvgIpc) is 2.61. The maximum Gasteiger partial charge on any atom is 0.0201 e. The zero-order valence-corrected chi connectivity index (χ0v) is 10.5. The number of unbranched alkanes of at least 4 members (excludes halogenated alkanes) is 2. The Hall–Kier alpha value is 0.310. The summed E-state index contributed by atoms with van der Waals surface area (Å²) < 4.78 is 0. The van der Waals surface area contributed by atoms with E-state index in [2.05, 4.69) is 30.9 Å². The van der Waals surface area contributed by atoms with Crippen molar-refractivity contribution in [2.45, 2.75) is 63.7 Å². The van der Waals surface area contributed by atoms with Crippen molar-refractivity contribution < 1.29 is 0 Å². The normalized spacial score (nSPS) is 27.0. The number of thioether (sulfide) groups is 1. The fraction of sp³-hybridized carbons (Fsp3) is 1.00. The Labute approximate surface area is 93.4 Å². The Kier molecular flexibility index (Phi) is 6.70. The van der Waals surface area contributed by atoms with Crippen molar-refractivity contribution in [2.24, 2.45) is 0 Å². The molecular weight excluding hydrogens is 190 g/mol. The molecule has 2 heteroatoms. The van der Waals surface area contributed by atoms with Crippen molar-refractivity contribution in [3.05, 3.63) is 0 Å². The molecule has 0 heterocycles. The summed E-state index contributed by atoms with van der Waals surface area (Å²) in [5.74, 6) is 1.28. The molecule has 0 aromatic rings. The minimum Gasteiger partial charge on any atom is -0.313 e. The average molecular weight is 215 g/mol. The first-order valence-corrected chi connectivity index (χ1v) is 7.28. The largest absolute Gasteiger partial charge is 0.313 e. The van der Waals surface area contributed by atoms with Gasteiger partial charge >= 0.3 is 0 Å². The highest BCUT2D eigenvalue weighted by atomic mass is 32.2. The molecule has 2 unspecified atom stereocenters. The third kappa shape index (κ3) is 4.22. The van der Waals surface area contributed by atoms with Gasteiger partial charge in [0.1, 0.15) is 0 Å². The van der Waals surface area contributed by atoms with Crippen LogP contribution >= 0.6 is 11.8 Å². The number of hydrogen-bond acceptors (Lipinski definition) is 2. The van der Waals surface area contributed by atoms with E-state index in [1.165, 1.54) is 50.8 Å². The topological polar surface area (TPSA) is 12.0 Å². The van der Waals surface area contributed by atoms with Crippen LogP contribution in [0, 0.1) is 0 Å². The molecule has 0 saturated heterocycles. The van der Waals surface area contributed by atoms with Gasteiger partial charge in [0.15, 0.2) is 0 Å². The van der Waals surface area contributed by atoms with Crippen molar-refractivity contribution in [2.75, 3.05) is 12.3 Å². The summed E-state index contributed by atoms with van der Waals surface area (Å²) in [6, 6.07) is 0.816. The van der Waals surface area contributed by atoms with Crippen LogP contribution in [0.1, 0.15) is 52.4 Å². The molecule has 1 rings (SSSR count). The van der Waals surface area contributed by atoms with Gasteiger partial charge in [-0.15, -0.1) is 0 Å². The van der Waals surface area contributed by atoms with Crippen molar-refractivity contribution >= 4 is 11.8 Å². The van der Waals surface area contributed by atoms with E-state index in [1.807, 2.05) is 0 Å². The second-order valence-electron chi connectivity index (χ2n) is 4.19. The van der Waals surface area contributed by atoms with Crippen LogP contribution in [0.4, 0.5) is 0 Å². The third-order valence-corrected chi connectivity index (χ3v) is 4.35. The lowest BCUT2D eigenvalue weighted by molar-refractivity contribution is 0.512. The molecule has 0 aliphatic heterocycles. The third-order valence-electron chi connectivity index (χ3n) is 3.02. The summed E-state index contributed by atoms with van der Waals surface area (Å²) in [6.07, 6.45) is 8.35. The van der Waals surface area contributed by atoms with E-state index >= 15 is 0 Å². The first-order chi connectivity index (χ1) is 6.88. The second kappa shape index (κ2) is 7.58. The molecule has 1 N–H and O–H groups in total. The Morgan fingerprint density at radius 1 is 1.21 bits per heavy atom. The van der Waals surface area contributed by atoms with Gasteiger partial charge in [-0.3, -0.25) is 0 Å². The van der Waals surface area contributed by atoms with Gasteiger partial charge in [-0.2, -0.15) is 11.8 Å². The highest BCUT2D eigenvalue weighted by Gasteiger charge is 2.25. The van der Waals surface area contributed by atoms with Crippen molar-refractivity contribution in [3.63, 3.8) is 0 Å². The van der Waals surface area contributed by atoms with Crippen LogP contribution in [0.25, 0.3) is 0 Å². The molecular formula is C12H25NS. The summed E-state index contributed by atoms with van der Waals surface area (Å²) in [5.41, 5.74) is 0. The summed E-state index contributed by atoms with van der Waals surface area (Å²) in [5, 5.41) is 4.63. The molecule has 0 aromatic heterocycles. The summed E-state index contributed by atoms with van der Waals surface area (Å²) in [7, 11) is 0. The van der Waals surface area contributed by atoms with E-state index in [-0.39, 0.29) is 0 Å². The summed E-state index contributed by atoms with van der Waals surface area (Å²) in [6.45, 7) is 5.78. The van der Waals surface area contributed by atoms with Gasteiger partial charge in [0.2, 0.25) is 0 Å². The lowest BCUT2D eigenvalue weighted by Crippen LogP contribution is -2.34. The van der Waals surface area contributed by atoms with Gasteiger partial charge in [0.25, 0.3) is 0 Å². The number of hydrogen-bond donors (Lipinski definition) is 1. The minimum atomic E-state index is 0.816. The number of rotatable bonds is 7. The Morgan fingerprint density at radius 3 is 2.79 bits per heavy atom. The van der Waals surface area contributed by atoms with Crippen LogP contribution in [0.15, 0.2) is 0 Å². The maximum absolute atomic E-state index is 3.73. The van der Waals surface area contributed by atoms with Crippen LogP contribution in [0.2, 0.25) is 0 Å². The molecule has 1 fully saturated rings. The lowest BCUT2D eigenvalue weighted by atomic mass is 10.2. The van der Waals surface area contributed by atoms with E-state index in [9.17, 15) is 0 Å². The van der Waals surface area contributed by atoms with Crippen LogP contribution < -0.4 is 5.32 Å². The Balaban J connectivity index is 2.09. The van der Waals surface area contributed by atoms with E-state index in [0.717, 1.165) is 11.3 Å². The summed E-state index contributed by atoms with van der Waals surface area (Å²) >= 11 is 2.15. The Morgan fingerprint density at radius 2 is 2.07 bits per heavy atom. The van der Waals surface area contributed by atoms with E-state index < -0.39 is 0 Å². The van der Waals surface area contributed by atoms with Gasteiger partial charge < -0.3 is 5.32 Å². The highest BCUT2D eigenvalue weighted by molar-refractivity contribution is 7.99. The van der Waals surface area contributed by atoms with Gasteiger partial charge in [0, 0.05) is 11.3 Å². The summed E-state index contributed by atoms with van der Waals surface area (Å²) in [4.78, 5) is 0. The molecule has 0 amide bonds. The smallest absolute Gasteiger partial charge is 0.0201 e. The molecule has 0 radical (unpaired) electrons. The fourth-order valence-electron chi connectivity index (χ4n) is 2.24.